The Balaban J connectivity index is 0.000000388. The molecule has 6 heteroatoms. The molecule has 6 nitrogen and oxygen atoms in total. The van der Waals surface area contributed by atoms with Crippen molar-refractivity contribution >= 4 is 12.8 Å². The molecule has 2 amide bonds. The van der Waals surface area contributed by atoms with Crippen molar-refractivity contribution in [3.63, 3.8) is 0 Å². The molecule has 1 aromatic rings. The number of carbonyl (C=O) groups is 2. The second-order valence-corrected chi connectivity index (χ2v) is 5.19. The minimum atomic E-state index is 0.0310. The number of ether oxygens (including phenoxy) is 1. The molecule has 0 spiro atoms. The Bertz CT molecular complexity index is 453. The first-order chi connectivity index (χ1) is 11.3. The number of fused-ring (bicyclic) bond motifs is 2. The lowest BCUT2D eigenvalue weighted by Crippen LogP contribution is -2.33. The van der Waals surface area contributed by atoms with Crippen LogP contribution >= 0.6 is 0 Å². The summed E-state index contributed by atoms with van der Waals surface area (Å²) in [4.78, 5) is 27.5. The number of piperidine rings is 1. The van der Waals surface area contributed by atoms with Crippen LogP contribution in [0.3, 0.4) is 0 Å². The fourth-order valence-electron chi connectivity index (χ4n) is 2.49. The van der Waals surface area contributed by atoms with Crippen LogP contribution in [-0.2, 0) is 21.0 Å². The lowest BCUT2D eigenvalue weighted by molar-refractivity contribution is -0.140. The van der Waals surface area contributed by atoms with Gasteiger partial charge in [0.05, 0.1) is 6.04 Å². The molecule has 1 aromatic carbocycles. The first-order valence-electron chi connectivity index (χ1n) is 7.79. The standard InChI is InChI=1S/C13H16N2O2.C3H8O.CH2O/c16-13-14-8-4-7-12(9-14)15(13)17-10-11-5-2-1-3-6-11;1-3-4-2;1-2/h1-3,5-6,12H,4,7-10H2;3H2,1-2H3;1H2/t12-;;/m1../s1. The van der Waals surface area contributed by atoms with E-state index in [1.807, 2.05) is 48.9 Å². The first kappa shape index (κ1) is 19.1. The van der Waals surface area contributed by atoms with Gasteiger partial charge in [0.25, 0.3) is 0 Å². The molecule has 2 saturated heterocycles. The van der Waals surface area contributed by atoms with Gasteiger partial charge in [0.1, 0.15) is 13.4 Å². The second-order valence-electron chi connectivity index (χ2n) is 5.19. The van der Waals surface area contributed by atoms with Crippen LogP contribution in [0.25, 0.3) is 0 Å². The smallest absolute Gasteiger partial charge is 0.344 e. The van der Waals surface area contributed by atoms with E-state index in [0.717, 1.165) is 38.1 Å². The molecule has 0 aromatic heterocycles. The van der Waals surface area contributed by atoms with Crippen molar-refractivity contribution in [1.82, 2.24) is 9.96 Å². The number of urea groups is 1. The summed E-state index contributed by atoms with van der Waals surface area (Å²) in [6.45, 7) is 6.95. The molecule has 0 saturated carbocycles. The number of amides is 2. The van der Waals surface area contributed by atoms with Crippen LogP contribution in [0.5, 0.6) is 0 Å². The molecular formula is C17H26N2O4. The van der Waals surface area contributed by atoms with E-state index in [9.17, 15) is 4.79 Å². The SMILES string of the molecule is C=O.CCOC.O=C1N2CCC[C@H](C2)N1OCc1ccccc1. The number of nitrogens with zero attached hydrogens (tertiary/aromatic N) is 2. The van der Waals surface area contributed by atoms with E-state index in [1.165, 1.54) is 0 Å². The molecule has 0 unspecified atom stereocenters. The highest BCUT2D eigenvalue weighted by Crippen LogP contribution is 2.25. The molecule has 2 aliphatic rings. The summed E-state index contributed by atoms with van der Waals surface area (Å²) in [5.41, 5.74) is 1.09. The summed E-state index contributed by atoms with van der Waals surface area (Å²) in [5.74, 6) is 0. The number of methoxy groups -OCH3 is 1. The Morgan fingerprint density at radius 1 is 1.26 bits per heavy atom. The van der Waals surface area contributed by atoms with Gasteiger partial charge in [-0.25, -0.2) is 4.79 Å². The second kappa shape index (κ2) is 10.7. The fraction of sp³-hybridized carbons (Fsp3) is 0.529. The van der Waals surface area contributed by atoms with Crippen molar-refractivity contribution in [3.8, 4) is 0 Å². The number of hydroxylamine groups is 2. The predicted octanol–water partition coefficient (Wildman–Crippen LogP) is 2.49. The van der Waals surface area contributed by atoms with Gasteiger partial charge in [0.2, 0.25) is 0 Å². The molecule has 1 atom stereocenters. The van der Waals surface area contributed by atoms with Crippen molar-refractivity contribution in [2.45, 2.75) is 32.4 Å². The van der Waals surface area contributed by atoms with Crippen molar-refractivity contribution in [3.05, 3.63) is 35.9 Å². The van der Waals surface area contributed by atoms with Gasteiger partial charge in [-0.2, -0.15) is 5.06 Å². The average molecular weight is 322 g/mol. The van der Waals surface area contributed by atoms with E-state index < -0.39 is 0 Å². The third-order valence-electron chi connectivity index (χ3n) is 3.69. The minimum Gasteiger partial charge on any atom is -0.385 e. The maximum Gasteiger partial charge on any atom is 0.344 e. The van der Waals surface area contributed by atoms with Gasteiger partial charge in [-0.1, -0.05) is 30.3 Å². The van der Waals surface area contributed by atoms with Gasteiger partial charge < -0.3 is 14.4 Å². The zero-order chi connectivity index (χ0) is 17.1. The zero-order valence-electron chi connectivity index (χ0n) is 13.9. The van der Waals surface area contributed by atoms with Crippen LogP contribution in [-0.4, -0.2) is 55.6 Å². The van der Waals surface area contributed by atoms with Crippen LogP contribution in [0, 0.1) is 0 Å². The summed E-state index contributed by atoms with van der Waals surface area (Å²) < 4.78 is 4.54. The number of hydrogen-bond acceptors (Lipinski definition) is 4. The maximum atomic E-state index is 11.9. The van der Waals surface area contributed by atoms with E-state index >= 15 is 0 Å². The van der Waals surface area contributed by atoms with Crippen molar-refractivity contribution in [2.75, 3.05) is 26.8 Å². The minimum absolute atomic E-state index is 0.0310. The van der Waals surface area contributed by atoms with Gasteiger partial charge in [-0.15, -0.1) is 0 Å². The van der Waals surface area contributed by atoms with Crippen LogP contribution in [0.2, 0.25) is 0 Å². The molecule has 23 heavy (non-hydrogen) atoms. The molecule has 128 valence electrons. The number of benzene rings is 1. The Labute approximate surface area is 137 Å². The Morgan fingerprint density at radius 3 is 2.48 bits per heavy atom. The normalized spacial score (nSPS) is 18.7. The Morgan fingerprint density at radius 2 is 1.91 bits per heavy atom. The topological polar surface area (TPSA) is 59.1 Å². The highest BCUT2D eigenvalue weighted by Gasteiger charge is 2.40. The summed E-state index contributed by atoms with van der Waals surface area (Å²) >= 11 is 0. The van der Waals surface area contributed by atoms with Crippen molar-refractivity contribution in [1.29, 1.82) is 0 Å². The highest BCUT2D eigenvalue weighted by atomic mass is 16.7. The number of carbonyl (C=O) groups excluding carboxylic acids is 2. The summed E-state index contributed by atoms with van der Waals surface area (Å²) in [6, 6.07) is 10.2. The van der Waals surface area contributed by atoms with E-state index in [4.69, 9.17) is 9.63 Å². The number of hydrogen-bond donors (Lipinski definition) is 0. The molecule has 3 rings (SSSR count). The third-order valence-corrected chi connectivity index (χ3v) is 3.69. The average Bonchev–Trinajstić information content (AvgIpc) is 2.84. The van der Waals surface area contributed by atoms with E-state index in [1.54, 1.807) is 12.2 Å². The maximum absolute atomic E-state index is 11.9. The molecule has 2 aliphatic heterocycles. The van der Waals surface area contributed by atoms with Crippen LogP contribution in [0.4, 0.5) is 4.79 Å². The van der Waals surface area contributed by atoms with Gasteiger partial charge in [0.15, 0.2) is 0 Å². The largest absolute Gasteiger partial charge is 0.385 e. The highest BCUT2D eigenvalue weighted by molar-refractivity contribution is 5.76. The Kier molecular flexibility index (Phi) is 8.94. The van der Waals surface area contributed by atoms with Crippen LogP contribution < -0.4 is 0 Å². The van der Waals surface area contributed by atoms with Gasteiger partial charge >= 0.3 is 6.03 Å². The van der Waals surface area contributed by atoms with Gasteiger partial charge in [-0.3, -0.25) is 4.84 Å². The van der Waals surface area contributed by atoms with Crippen LogP contribution in [0.1, 0.15) is 25.3 Å². The predicted molar refractivity (Wildman–Crippen MR) is 87.7 cm³/mol. The van der Waals surface area contributed by atoms with Crippen molar-refractivity contribution < 1.29 is 19.2 Å². The van der Waals surface area contributed by atoms with Gasteiger partial charge in [0, 0.05) is 26.8 Å². The molecule has 2 heterocycles. The van der Waals surface area contributed by atoms with E-state index in [0.29, 0.717) is 6.61 Å². The van der Waals surface area contributed by atoms with Gasteiger partial charge in [-0.05, 0) is 25.3 Å². The lowest BCUT2D eigenvalue weighted by atomic mass is 10.1. The third kappa shape index (κ3) is 5.65. The van der Waals surface area contributed by atoms with Crippen LogP contribution in [0.15, 0.2) is 30.3 Å². The summed E-state index contributed by atoms with van der Waals surface area (Å²) in [6.07, 6.45) is 2.14. The van der Waals surface area contributed by atoms with E-state index in [-0.39, 0.29) is 12.1 Å². The molecule has 2 fully saturated rings. The zero-order valence-corrected chi connectivity index (χ0v) is 13.9. The Hall–Kier alpha value is -1.92. The lowest BCUT2D eigenvalue weighted by Gasteiger charge is -2.22. The summed E-state index contributed by atoms with van der Waals surface area (Å²) in [5, 5.41) is 1.57. The van der Waals surface area contributed by atoms with Crippen molar-refractivity contribution in [2.24, 2.45) is 0 Å². The van der Waals surface area contributed by atoms with E-state index in [2.05, 4.69) is 4.74 Å². The summed E-state index contributed by atoms with van der Waals surface area (Å²) in [7, 11) is 1.68. The quantitative estimate of drug-likeness (QED) is 0.854. The number of rotatable bonds is 4. The molecule has 0 radical (unpaired) electrons. The molecule has 0 N–H and O–H groups in total. The first-order valence-corrected chi connectivity index (χ1v) is 7.79. The molecule has 0 aliphatic carbocycles. The molecular weight excluding hydrogens is 296 g/mol. The fourth-order valence-corrected chi connectivity index (χ4v) is 2.49. The molecule has 2 bridgehead atoms. The monoisotopic (exact) mass is 322 g/mol.